The first-order valence-corrected chi connectivity index (χ1v) is 6.82. The van der Waals surface area contributed by atoms with Gasteiger partial charge >= 0.3 is 0 Å². The molecule has 1 aliphatic rings. The molecule has 0 bridgehead atoms. The van der Waals surface area contributed by atoms with E-state index in [0.29, 0.717) is 11.7 Å². The summed E-state index contributed by atoms with van der Waals surface area (Å²) in [4.78, 5) is 14.0. The Kier molecular flexibility index (Phi) is 4.53. The summed E-state index contributed by atoms with van der Waals surface area (Å²) in [5.74, 6) is -0.144. The Bertz CT molecular complexity index is 442. The number of hydrogen-bond acceptors (Lipinski definition) is 2. The molecule has 0 atom stereocenters. The molecule has 0 spiro atoms. The van der Waals surface area contributed by atoms with Crippen LogP contribution in [-0.2, 0) is 4.79 Å². The first kappa shape index (κ1) is 14.0. The van der Waals surface area contributed by atoms with E-state index >= 15 is 0 Å². The van der Waals surface area contributed by atoms with Gasteiger partial charge in [-0.25, -0.2) is 4.39 Å². The van der Waals surface area contributed by atoms with E-state index in [9.17, 15) is 9.18 Å². The van der Waals surface area contributed by atoms with Crippen molar-refractivity contribution in [1.82, 2.24) is 5.32 Å². The number of amides is 1. The molecule has 1 aliphatic carbocycles. The van der Waals surface area contributed by atoms with Crippen molar-refractivity contribution in [3.05, 3.63) is 30.1 Å². The predicted octanol–water partition coefficient (Wildman–Crippen LogP) is 2.57. The fraction of sp³-hybridized carbons (Fsp3) is 0.533. The summed E-state index contributed by atoms with van der Waals surface area (Å²) >= 11 is 0. The molecular formula is C15H21FN2O. The van der Waals surface area contributed by atoms with Gasteiger partial charge in [0.1, 0.15) is 5.82 Å². The van der Waals surface area contributed by atoms with E-state index in [2.05, 4.69) is 5.32 Å². The third kappa shape index (κ3) is 3.32. The summed E-state index contributed by atoms with van der Waals surface area (Å²) in [7, 11) is 3.69. The maximum atomic E-state index is 13.2. The molecule has 0 aliphatic heterocycles. The topological polar surface area (TPSA) is 32.3 Å². The lowest BCUT2D eigenvalue weighted by Crippen LogP contribution is -2.38. The number of rotatable bonds is 3. The van der Waals surface area contributed by atoms with E-state index in [0.717, 1.165) is 25.7 Å². The van der Waals surface area contributed by atoms with Gasteiger partial charge in [0.05, 0.1) is 0 Å². The molecule has 1 N–H and O–H groups in total. The van der Waals surface area contributed by atoms with E-state index < -0.39 is 0 Å². The number of halogens is 1. The predicted molar refractivity (Wildman–Crippen MR) is 74.6 cm³/mol. The van der Waals surface area contributed by atoms with Crippen LogP contribution < -0.4 is 10.2 Å². The second-order valence-electron chi connectivity index (χ2n) is 5.21. The molecule has 4 heteroatoms. The monoisotopic (exact) mass is 264 g/mol. The summed E-state index contributed by atoms with van der Waals surface area (Å²) in [5, 5.41) is 3.26. The minimum atomic E-state index is -0.309. The van der Waals surface area contributed by atoms with Crippen LogP contribution in [-0.4, -0.2) is 26.0 Å². The van der Waals surface area contributed by atoms with Gasteiger partial charge in [0, 0.05) is 24.7 Å². The fourth-order valence-electron chi connectivity index (χ4n) is 2.71. The number of hydrogen-bond donors (Lipinski definition) is 1. The number of nitrogens with one attached hydrogen (secondary N) is 1. The smallest absolute Gasteiger partial charge is 0.229 e. The summed E-state index contributed by atoms with van der Waals surface area (Å²) in [6, 6.07) is 6.72. The number of benzene rings is 1. The van der Waals surface area contributed by atoms with Crippen LogP contribution >= 0.6 is 0 Å². The van der Waals surface area contributed by atoms with Crippen molar-refractivity contribution in [2.45, 2.75) is 31.7 Å². The van der Waals surface area contributed by atoms with Gasteiger partial charge in [-0.1, -0.05) is 6.07 Å². The SMILES string of the molecule is CNC1CCC(C(=O)N(C)c2cccc(F)c2)CC1. The van der Waals surface area contributed by atoms with Crippen LogP contribution in [0.4, 0.5) is 10.1 Å². The molecule has 1 amide bonds. The highest BCUT2D eigenvalue weighted by Gasteiger charge is 2.28. The van der Waals surface area contributed by atoms with Crippen LogP contribution in [0, 0.1) is 11.7 Å². The van der Waals surface area contributed by atoms with Crippen molar-refractivity contribution in [3.8, 4) is 0 Å². The van der Waals surface area contributed by atoms with E-state index in [1.54, 1.807) is 24.1 Å². The standard InChI is InChI=1S/C15H21FN2O/c1-17-13-8-6-11(7-9-13)15(19)18(2)14-5-3-4-12(16)10-14/h3-5,10-11,13,17H,6-9H2,1-2H3. The first-order valence-electron chi connectivity index (χ1n) is 6.82. The number of carbonyl (C=O) groups is 1. The van der Waals surface area contributed by atoms with E-state index in [1.165, 1.54) is 12.1 Å². The molecule has 0 radical (unpaired) electrons. The highest BCUT2D eigenvalue weighted by molar-refractivity contribution is 5.94. The molecule has 0 aromatic heterocycles. The average Bonchev–Trinajstić information content (AvgIpc) is 2.46. The van der Waals surface area contributed by atoms with Crippen LogP contribution in [0.5, 0.6) is 0 Å². The Balaban J connectivity index is 2.00. The molecule has 1 aromatic carbocycles. The molecule has 0 unspecified atom stereocenters. The van der Waals surface area contributed by atoms with Crippen molar-refractivity contribution < 1.29 is 9.18 Å². The van der Waals surface area contributed by atoms with Gasteiger partial charge in [-0.05, 0) is 50.9 Å². The largest absolute Gasteiger partial charge is 0.317 e. The van der Waals surface area contributed by atoms with Gasteiger partial charge in [-0.3, -0.25) is 4.79 Å². The first-order chi connectivity index (χ1) is 9.11. The van der Waals surface area contributed by atoms with Gasteiger partial charge in [0.25, 0.3) is 0 Å². The van der Waals surface area contributed by atoms with Crippen molar-refractivity contribution in [2.75, 3.05) is 19.0 Å². The Morgan fingerprint density at radius 3 is 2.58 bits per heavy atom. The Morgan fingerprint density at radius 2 is 2.00 bits per heavy atom. The average molecular weight is 264 g/mol. The van der Waals surface area contributed by atoms with Crippen LogP contribution in [0.2, 0.25) is 0 Å². The lowest BCUT2D eigenvalue weighted by molar-refractivity contribution is -0.123. The molecule has 0 heterocycles. The molecule has 1 saturated carbocycles. The summed E-state index contributed by atoms with van der Waals surface area (Å²) in [6.45, 7) is 0. The minimum absolute atomic E-state index is 0.0675. The maximum absolute atomic E-state index is 13.2. The van der Waals surface area contributed by atoms with Crippen molar-refractivity contribution >= 4 is 11.6 Å². The zero-order valence-corrected chi connectivity index (χ0v) is 11.5. The summed E-state index contributed by atoms with van der Waals surface area (Å²) < 4.78 is 13.2. The summed E-state index contributed by atoms with van der Waals surface area (Å²) in [6.07, 6.45) is 3.88. The molecule has 104 valence electrons. The van der Waals surface area contributed by atoms with E-state index in [4.69, 9.17) is 0 Å². The Labute approximate surface area is 113 Å². The molecule has 1 aromatic rings. The maximum Gasteiger partial charge on any atom is 0.229 e. The second kappa shape index (κ2) is 6.15. The molecule has 0 saturated heterocycles. The van der Waals surface area contributed by atoms with Crippen LogP contribution in [0.25, 0.3) is 0 Å². The van der Waals surface area contributed by atoms with Gasteiger partial charge in [-0.15, -0.1) is 0 Å². The van der Waals surface area contributed by atoms with Crippen molar-refractivity contribution in [3.63, 3.8) is 0 Å². The molecular weight excluding hydrogens is 243 g/mol. The quantitative estimate of drug-likeness (QED) is 0.910. The van der Waals surface area contributed by atoms with Crippen LogP contribution in [0.3, 0.4) is 0 Å². The zero-order valence-electron chi connectivity index (χ0n) is 11.5. The Hall–Kier alpha value is -1.42. The van der Waals surface area contributed by atoms with Crippen molar-refractivity contribution in [2.24, 2.45) is 5.92 Å². The number of nitrogens with zero attached hydrogens (tertiary/aromatic N) is 1. The van der Waals surface area contributed by atoms with Gasteiger partial charge < -0.3 is 10.2 Å². The van der Waals surface area contributed by atoms with Crippen molar-refractivity contribution in [1.29, 1.82) is 0 Å². The minimum Gasteiger partial charge on any atom is -0.317 e. The lowest BCUT2D eigenvalue weighted by atomic mass is 9.85. The number of anilines is 1. The molecule has 1 fully saturated rings. The van der Waals surface area contributed by atoms with Gasteiger partial charge in [0.15, 0.2) is 0 Å². The Morgan fingerprint density at radius 1 is 1.32 bits per heavy atom. The second-order valence-corrected chi connectivity index (χ2v) is 5.21. The lowest BCUT2D eigenvalue weighted by Gasteiger charge is -2.30. The summed E-state index contributed by atoms with van der Waals surface area (Å²) in [5.41, 5.74) is 0.626. The van der Waals surface area contributed by atoms with E-state index in [-0.39, 0.29) is 17.6 Å². The normalized spacial score (nSPS) is 23.1. The van der Waals surface area contributed by atoms with Crippen LogP contribution in [0.1, 0.15) is 25.7 Å². The third-order valence-electron chi connectivity index (χ3n) is 4.01. The van der Waals surface area contributed by atoms with Gasteiger partial charge in [0.2, 0.25) is 5.91 Å². The van der Waals surface area contributed by atoms with Gasteiger partial charge in [-0.2, -0.15) is 0 Å². The molecule has 2 rings (SSSR count). The highest BCUT2D eigenvalue weighted by Crippen LogP contribution is 2.27. The van der Waals surface area contributed by atoms with E-state index in [1.807, 2.05) is 7.05 Å². The molecule has 3 nitrogen and oxygen atoms in total. The van der Waals surface area contributed by atoms with Crippen LogP contribution in [0.15, 0.2) is 24.3 Å². The highest BCUT2D eigenvalue weighted by atomic mass is 19.1. The molecule has 19 heavy (non-hydrogen) atoms. The fourth-order valence-corrected chi connectivity index (χ4v) is 2.71. The number of carbonyl (C=O) groups excluding carboxylic acids is 1. The zero-order chi connectivity index (χ0) is 13.8. The third-order valence-corrected chi connectivity index (χ3v) is 4.01.